The Balaban J connectivity index is 1.89. The number of amides is 2. The van der Waals surface area contributed by atoms with E-state index in [1.807, 2.05) is 55.6 Å². The Morgan fingerprint density at radius 1 is 1.23 bits per heavy atom. The maximum absolute atomic E-state index is 13.0. The molecule has 6 heteroatoms. The number of hydrogen-bond acceptors (Lipinski definition) is 4. The minimum atomic E-state index is -1.61. The van der Waals surface area contributed by atoms with Crippen LogP contribution in [0.1, 0.15) is 19.4 Å². The number of carbonyl (C=O) groups is 2. The number of para-hydroxylation sites is 2. The van der Waals surface area contributed by atoms with Crippen molar-refractivity contribution in [3.05, 3.63) is 54.1 Å². The first-order valence-corrected chi connectivity index (χ1v) is 9.88. The van der Waals surface area contributed by atoms with Crippen LogP contribution in [0.25, 0.3) is 0 Å². The molecular weight excluding hydrogens is 348 g/mol. The summed E-state index contributed by atoms with van der Waals surface area (Å²) in [5.41, 5.74) is 0.838. The maximum Gasteiger partial charge on any atom is 0.280 e. The Labute approximate surface area is 157 Å². The molecule has 0 radical (unpaired) electrons. The number of benzene rings is 2. The molecule has 136 valence electrons. The fourth-order valence-corrected chi connectivity index (χ4v) is 3.52. The van der Waals surface area contributed by atoms with E-state index in [4.69, 9.17) is 4.74 Å². The van der Waals surface area contributed by atoms with Gasteiger partial charge in [0.15, 0.2) is 0 Å². The predicted octanol–water partition coefficient (Wildman–Crippen LogP) is 3.69. The monoisotopic (exact) mass is 370 g/mol. The summed E-state index contributed by atoms with van der Waals surface area (Å²) in [4.78, 5) is 27.5. The molecule has 0 spiro atoms. The van der Waals surface area contributed by atoms with Crippen molar-refractivity contribution in [3.8, 4) is 5.75 Å². The van der Waals surface area contributed by atoms with Crippen molar-refractivity contribution in [1.82, 2.24) is 0 Å². The molecule has 1 heterocycles. The lowest BCUT2D eigenvalue weighted by atomic mass is 9.99. The molecule has 1 aliphatic rings. The van der Waals surface area contributed by atoms with E-state index in [2.05, 4.69) is 5.32 Å². The van der Waals surface area contributed by atoms with Crippen LogP contribution in [0.4, 0.5) is 11.4 Å². The standard InChI is InChI=1S/C20H22N2O3S/c1-4-22-16-10-5-6-11-17(16)25-20(2,19(22)24)18(23)21-15-9-7-8-14(12-15)13-26-3/h5-12H,4,13H2,1-3H3,(H,21,23). The van der Waals surface area contributed by atoms with Gasteiger partial charge in [0.05, 0.1) is 5.69 Å². The number of anilines is 2. The molecule has 3 rings (SSSR count). The minimum Gasteiger partial charge on any atom is -0.465 e. The fourth-order valence-electron chi connectivity index (χ4n) is 3.01. The van der Waals surface area contributed by atoms with Crippen molar-refractivity contribution < 1.29 is 14.3 Å². The molecule has 0 fully saturated rings. The van der Waals surface area contributed by atoms with Crippen molar-refractivity contribution in [2.45, 2.75) is 25.2 Å². The summed E-state index contributed by atoms with van der Waals surface area (Å²) in [5, 5.41) is 2.84. The topological polar surface area (TPSA) is 58.6 Å². The van der Waals surface area contributed by atoms with Crippen LogP contribution < -0.4 is 15.0 Å². The highest BCUT2D eigenvalue weighted by Crippen LogP contribution is 2.38. The molecule has 0 saturated carbocycles. The van der Waals surface area contributed by atoms with Gasteiger partial charge in [0.2, 0.25) is 0 Å². The zero-order valence-electron chi connectivity index (χ0n) is 15.1. The summed E-state index contributed by atoms with van der Waals surface area (Å²) < 4.78 is 5.87. The van der Waals surface area contributed by atoms with Gasteiger partial charge in [0.25, 0.3) is 17.4 Å². The number of carbonyl (C=O) groups excluding carboxylic acids is 2. The zero-order valence-corrected chi connectivity index (χ0v) is 15.9. The molecule has 2 aromatic carbocycles. The van der Waals surface area contributed by atoms with Crippen molar-refractivity contribution in [1.29, 1.82) is 0 Å². The Morgan fingerprint density at radius 3 is 2.73 bits per heavy atom. The first-order valence-electron chi connectivity index (χ1n) is 8.49. The normalized spacial score (nSPS) is 18.9. The molecular formula is C20H22N2O3S. The largest absolute Gasteiger partial charge is 0.465 e. The van der Waals surface area contributed by atoms with Crippen LogP contribution in [0.2, 0.25) is 0 Å². The lowest BCUT2D eigenvalue weighted by Gasteiger charge is -2.39. The molecule has 1 N–H and O–H groups in total. The number of fused-ring (bicyclic) bond motifs is 1. The highest BCUT2D eigenvalue weighted by atomic mass is 32.2. The minimum absolute atomic E-state index is 0.364. The average Bonchev–Trinajstić information content (AvgIpc) is 2.63. The summed E-state index contributed by atoms with van der Waals surface area (Å²) >= 11 is 1.71. The Bertz CT molecular complexity index is 839. The first kappa shape index (κ1) is 18.3. The van der Waals surface area contributed by atoms with Crippen LogP contribution >= 0.6 is 11.8 Å². The Kier molecular flexibility index (Phi) is 5.23. The second-order valence-electron chi connectivity index (χ2n) is 6.24. The van der Waals surface area contributed by atoms with Gasteiger partial charge in [-0.1, -0.05) is 24.3 Å². The second-order valence-corrected chi connectivity index (χ2v) is 7.11. The number of hydrogen-bond donors (Lipinski definition) is 1. The maximum atomic E-state index is 13.0. The van der Waals surface area contributed by atoms with Gasteiger partial charge >= 0.3 is 0 Å². The van der Waals surface area contributed by atoms with Gasteiger partial charge in [0.1, 0.15) is 5.75 Å². The van der Waals surface area contributed by atoms with Gasteiger partial charge in [0, 0.05) is 18.0 Å². The van der Waals surface area contributed by atoms with Gasteiger partial charge in [-0.3, -0.25) is 9.59 Å². The van der Waals surface area contributed by atoms with Crippen LogP contribution in [0.15, 0.2) is 48.5 Å². The number of nitrogens with one attached hydrogen (secondary N) is 1. The molecule has 1 aliphatic heterocycles. The van der Waals surface area contributed by atoms with Gasteiger partial charge < -0.3 is 15.0 Å². The predicted molar refractivity (Wildman–Crippen MR) is 106 cm³/mol. The number of likely N-dealkylation sites (N-methyl/N-ethyl adjacent to an activating group) is 1. The van der Waals surface area contributed by atoms with E-state index in [-0.39, 0.29) is 5.91 Å². The highest BCUT2D eigenvalue weighted by molar-refractivity contribution is 7.97. The molecule has 5 nitrogen and oxygen atoms in total. The Hall–Kier alpha value is -2.47. The van der Waals surface area contributed by atoms with E-state index in [1.54, 1.807) is 22.7 Å². The van der Waals surface area contributed by atoms with Crippen molar-refractivity contribution in [2.24, 2.45) is 0 Å². The summed E-state index contributed by atoms with van der Waals surface area (Å²) in [6, 6.07) is 14.9. The molecule has 1 atom stereocenters. The quantitative estimate of drug-likeness (QED) is 0.816. The lowest BCUT2D eigenvalue weighted by molar-refractivity contribution is -0.145. The Morgan fingerprint density at radius 2 is 2.00 bits per heavy atom. The fraction of sp³-hybridized carbons (Fsp3) is 0.300. The number of rotatable bonds is 5. The molecule has 0 aliphatic carbocycles. The van der Waals surface area contributed by atoms with E-state index < -0.39 is 11.5 Å². The smallest absolute Gasteiger partial charge is 0.280 e. The highest BCUT2D eigenvalue weighted by Gasteiger charge is 2.50. The molecule has 0 bridgehead atoms. The van der Waals surface area contributed by atoms with Crippen molar-refractivity contribution in [2.75, 3.05) is 23.0 Å². The number of nitrogens with zero attached hydrogens (tertiary/aromatic N) is 1. The molecule has 26 heavy (non-hydrogen) atoms. The van der Waals surface area contributed by atoms with Crippen LogP contribution in [-0.2, 0) is 15.3 Å². The van der Waals surface area contributed by atoms with Gasteiger partial charge in [-0.25, -0.2) is 0 Å². The molecule has 0 saturated heterocycles. The molecule has 2 aromatic rings. The van der Waals surface area contributed by atoms with Gasteiger partial charge in [-0.2, -0.15) is 11.8 Å². The van der Waals surface area contributed by atoms with Gasteiger partial charge in [-0.05, 0) is 49.9 Å². The molecule has 2 amide bonds. The number of thioether (sulfide) groups is 1. The third-order valence-corrected chi connectivity index (χ3v) is 4.99. The lowest BCUT2D eigenvalue weighted by Crippen LogP contribution is -2.60. The summed E-state index contributed by atoms with van der Waals surface area (Å²) in [6.07, 6.45) is 2.03. The summed E-state index contributed by atoms with van der Waals surface area (Å²) in [7, 11) is 0. The van der Waals surface area contributed by atoms with E-state index in [0.717, 1.165) is 11.3 Å². The van der Waals surface area contributed by atoms with Crippen LogP contribution in [0.5, 0.6) is 5.75 Å². The van der Waals surface area contributed by atoms with Crippen LogP contribution in [0.3, 0.4) is 0 Å². The summed E-state index contributed by atoms with van der Waals surface area (Å²) in [6.45, 7) is 3.87. The van der Waals surface area contributed by atoms with E-state index in [9.17, 15) is 9.59 Å². The second kappa shape index (κ2) is 7.41. The van der Waals surface area contributed by atoms with Crippen molar-refractivity contribution in [3.63, 3.8) is 0 Å². The van der Waals surface area contributed by atoms with E-state index in [0.29, 0.717) is 23.7 Å². The van der Waals surface area contributed by atoms with Gasteiger partial charge in [-0.15, -0.1) is 0 Å². The van der Waals surface area contributed by atoms with E-state index >= 15 is 0 Å². The zero-order chi connectivity index (χ0) is 18.7. The first-order chi connectivity index (χ1) is 12.5. The molecule has 1 unspecified atom stereocenters. The SMILES string of the molecule is CCN1C(=O)C(C)(C(=O)Nc2cccc(CSC)c2)Oc2ccccc21. The number of ether oxygens (including phenoxy) is 1. The summed E-state index contributed by atoms with van der Waals surface area (Å²) in [5.74, 6) is 0.545. The van der Waals surface area contributed by atoms with Crippen LogP contribution in [0, 0.1) is 0 Å². The molecule has 0 aromatic heterocycles. The van der Waals surface area contributed by atoms with E-state index in [1.165, 1.54) is 6.92 Å². The average molecular weight is 370 g/mol. The van der Waals surface area contributed by atoms with Crippen LogP contribution in [-0.4, -0.2) is 30.2 Å². The third kappa shape index (κ3) is 3.29. The van der Waals surface area contributed by atoms with Crippen molar-refractivity contribution >= 4 is 35.0 Å². The third-order valence-electron chi connectivity index (χ3n) is 4.37.